The number of nitrogens with one attached hydrogen (secondary N) is 1. The summed E-state index contributed by atoms with van der Waals surface area (Å²) < 4.78 is 25.8. The number of nitrogens with zero attached hydrogens (tertiary/aromatic N) is 2. The molecule has 6 heteroatoms. The molecule has 32 heavy (non-hydrogen) atoms. The van der Waals surface area contributed by atoms with E-state index in [4.69, 9.17) is 0 Å². The lowest BCUT2D eigenvalue weighted by molar-refractivity contribution is 0.280. The number of hydrazone groups is 1. The van der Waals surface area contributed by atoms with Crippen LogP contribution in [0.25, 0.3) is 0 Å². The van der Waals surface area contributed by atoms with Gasteiger partial charge in [-0.1, -0.05) is 78.4 Å². The van der Waals surface area contributed by atoms with E-state index in [1.165, 1.54) is 5.56 Å². The second-order valence-corrected chi connectivity index (χ2v) is 10.8. The Hall–Kier alpha value is -2.96. The molecule has 1 N–H and O–H groups in total. The van der Waals surface area contributed by atoms with Crippen LogP contribution in [-0.2, 0) is 10.0 Å². The van der Waals surface area contributed by atoms with Crippen LogP contribution >= 0.6 is 0 Å². The molecule has 3 atom stereocenters. The summed E-state index contributed by atoms with van der Waals surface area (Å²) in [5.74, 6) is 0. The van der Waals surface area contributed by atoms with Gasteiger partial charge in [0.05, 0.1) is 22.7 Å². The Balaban J connectivity index is 1.74. The quantitative estimate of drug-likeness (QED) is 0.332. The first-order valence-electron chi connectivity index (χ1n) is 10.7. The van der Waals surface area contributed by atoms with Crippen molar-refractivity contribution in [3.8, 4) is 0 Å². The van der Waals surface area contributed by atoms with E-state index >= 15 is 0 Å². The van der Waals surface area contributed by atoms with Crippen molar-refractivity contribution >= 4 is 15.7 Å². The molecule has 1 unspecified atom stereocenters. The summed E-state index contributed by atoms with van der Waals surface area (Å²) >= 11 is 0. The van der Waals surface area contributed by atoms with Crippen LogP contribution in [0.3, 0.4) is 0 Å². The third kappa shape index (κ3) is 4.61. The van der Waals surface area contributed by atoms with Crippen molar-refractivity contribution in [1.29, 1.82) is 0 Å². The Kier molecular flexibility index (Phi) is 5.93. The van der Waals surface area contributed by atoms with E-state index in [0.717, 1.165) is 11.1 Å². The highest BCUT2D eigenvalue weighted by Crippen LogP contribution is 2.50. The van der Waals surface area contributed by atoms with Gasteiger partial charge in [-0.3, -0.25) is 4.90 Å². The van der Waals surface area contributed by atoms with Gasteiger partial charge in [0.2, 0.25) is 0 Å². The third-order valence-electron chi connectivity index (χ3n) is 5.69. The van der Waals surface area contributed by atoms with Crippen molar-refractivity contribution in [2.45, 2.75) is 50.2 Å². The van der Waals surface area contributed by atoms with Crippen molar-refractivity contribution in [3.05, 3.63) is 102 Å². The van der Waals surface area contributed by atoms with Gasteiger partial charge in [0.15, 0.2) is 0 Å². The van der Waals surface area contributed by atoms with Crippen LogP contribution in [0, 0.1) is 6.92 Å². The van der Waals surface area contributed by atoms with E-state index in [2.05, 4.69) is 47.7 Å². The first kappa shape index (κ1) is 22.2. The summed E-state index contributed by atoms with van der Waals surface area (Å²) in [6.07, 6.45) is 0. The van der Waals surface area contributed by atoms with Gasteiger partial charge in [-0.25, -0.2) is 0 Å². The van der Waals surface area contributed by atoms with Gasteiger partial charge >= 0.3 is 0 Å². The molecule has 1 fully saturated rings. The third-order valence-corrected chi connectivity index (χ3v) is 6.92. The van der Waals surface area contributed by atoms with Crippen LogP contribution < -0.4 is 4.83 Å². The fourth-order valence-electron chi connectivity index (χ4n) is 4.13. The van der Waals surface area contributed by atoms with Gasteiger partial charge in [0, 0.05) is 5.54 Å². The highest BCUT2D eigenvalue weighted by Gasteiger charge is 2.56. The zero-order chi connectivity index (χ0) is 22.9. The predicted molar refractivity (Wildman–Crippen MR) is 129 cm³/mol. The van der Waals surface area contributed by atoms with Crippen LogP contribution in [-0.4, -0.2) is 30.6 Å². The molecule has 1 aliphatic heterocycles. The van der Waals surface area contributed by atoms with Crippen LogP contribution in [0.15, 0.2) is 94.9 Å². The molecule has 0 radical (unpaired) electrons. The fraction of sp³-hybridized carbons (Fsp3) is 0.269. The Labute approximate surface area is 190 Å². The minimum atomic E-state index is -3.78. The maximum Gasteiger partial charge on any atom is 0.276 e. The maximum absolute atomic E-state index is 12.9. The highest BCUT2D eigenvalue weighted by molar-refractivity contribution is 7.89. The molecular weight excluding hydrogens is 418 g/mol. The highest BCUT2D eigenvalue weighted by atomic mass is 32.2. The standard InChI is InChI=1S/C26H29N3O2S/c1-19-15-17-22(18-16-19)32(30,31)28-27-23(20-11-7-5-8-12-20)25-24(29(25)26(2,3)4)21-13-9-6-10-14-21/h5-18,24-25,28H,1-4H3/b27-23+/t24-,25+,29?/m0/s1. The molecule has 0 aliphatic carbocycles. The lowest BCUT2D eigenvalue weighted by Gasteiger charge is -2.22. The van der Waals surface area contributed by atoms with Gasteiger partial charge < -0.3 is 0 Å². The molecule has 1 heterocycles. The molecule has 5 nitrogen and oxygen atoms in total. The summed E-state index contributed by atoms with van der Waals surface area (Å²) in [7, 11) is -3.78. The normalized spacial score (nSPS) is 21.2. The molecule has 3 aromatic carbocycles. The largest absolute Gasteiger partial charge is 0.279 e. The Morgan fingerprint density at radius 2 is 1.44 bits per heavy atom. The Morgan fingerprint density at radius 1 is 0.875 bits per heavy atom. The van der Waals surface area contributed by atoms with E-state index in [-0.39, 0.29) is 22.5 Å². The fourth-order valence-corrected chi connectivity index (χ4v) is 4.95. The van der Waals surface area contributed by atoms with Crippen molar-refractivity contribution < 1.29 is 8.42 Å². The molecule has 4 rings (SSSR count). The molecule has 0 saturated carbocycles. The average molecular weight is 448 g/mol. The van der Waals surface area contributed by atoms with E-state index in [1.807, 2.05) is 55.5 Å². The number of sulfonamides is 1. The summed E-state index contributed by atoms with van der Waals surface area (Å²) in [4.78, 5) is 5.06. The van der Waals surface area contributed by atoms with Crippen molar-refractivity contribution in [3.63, 3.8) is 0 Å². The lowest BCUT2D eigenvalue weighted by Crippen LogP contribution is -2.31. The summed E-state index contributed by atoms with van der Waals surface area (Å²) in [5.41, 5.74) is 3.69. The number of benzene rings is 3. The van der Waals surface area contributed by atoms with Crippen molar-refractivity contribution in [2.75, 3.05) is 0 Å². The zero-order valence-electron chi connectivity index (χ0n) is 18.9. The molecule has 0 spiro atoms. The van der Waals surface area contributed by atoms with Crippen LogP contribution in [0.5, 0.6) is 0 Å². The second kappa shape index (κ2) is 8.52. The molecular formula is C26H29N3O2S. The first-order valence-corrected chi connectivity index (χ1v) is 12.2. The molecule has 3 aromatic rings. The van der Waals surface area contributed by atoms with Gasteiger partial charge in [-0.05, 0) is 51.0 Å². The SMILES string of the molecule is Cc1ccc(S(=O)(=O)N/N=C(\c2ccccc2)[C@@H]2[C@H](c3ccccc3)N2C(C)(C)C)cc1. The molecule has 0 amide bonds. The van der Waals surface area contributed by atoms with Crippen molar-refractivity contribution in [2.24, 2.45) is 5.10 Å². The minimum absolute atomic E-state index is 0.0412. The number of aryl methyl sites for hydroxylation is 1. The average Bonchev–Trinajstić information content (AvgIpc) is 3.52. The molecule has 0 aromatic heterocycles. The number of rotatable bonds is 6. The van der Waals surface area contributed by atoms with Gasteiger partial charge in [-0.15, -0.1) is 0 Å². The lowest BCUT2D eigenvalue weighted by atomic mass is 10.0. The topological polar surface area (TPSA) is 61.5 Å². The monoisotopic (exact) mass is 447 g/mol. The van der Waals surface area contributed by atoms with Crippen LogP contribution in [0.2, 0.25) is 0 Å². The molecule has 166 valence electrons. The summed E-state index contributed by atoms with van der Waals surface area (Å²) in [6.45, 7) is 8.43. The molecule has 1 saturated heterocycles. The predicted octanol–water partition coefficient (Wildman–Crippen LogP) is 4.90. The minimum Gasteiger partial charge on any atom is -0.279 e. The van der Waals surface area contributed by atoms with Crippen LogP contribution in [0.1, 0.15) is 43.5 Å². The van der Waals surface area contributed by atoms with Crippen molar-refractivity contribution in [1.82, 2.24) is 9.73 Å². The summed E-state index contributed by atoms with van der Waals surface area (Å²) in [5, 5.41) is 4.50. The Bertz CT molecular complexity index is 1200. The Morgan fingerprint density at radius 3 is 2.00 bits per heavy atom. The second-order valence-electron chi connectivity index (χ2n) is 9.15. The molecule has 1 aliphatic rings. The smallest absolute Gasteiger partial charge is 0.276 e. The van der Waals surface area contributed by atoms with E-state index < -0.39 is 10.0 Å². The van der Waals surface area contributed by atoms with E-state index in [9.17, 15) is 8.42 Å². The van der Waals surface area contributed by atoms with E-state index in [1.54, 1.807) is 24.3 Å². The number of hydrogen-bond donors (Lipinski definition) is 1. The first-order chi connectivity index (χ1) is 15.2. The maximum atomic E-state index is 12.9. The van der Waals surface area contributed by atoms with Crippen LogP contribution in [0.4, 0.5) is 0 Å². The number of hydrogen-bond acceptors (Lipinski definition) is 4. The van der Waals surface area contributed by atoms with E-state index in [0.29, 0.717) is 5.71 Å². The van der Waals surface area contributed by atoms with Gasteiger partial charge in [0.25, 0.3) is 10.0 Å². The van der Waals surface area contributed by atoms with Gasteiger partial charge in [0.1, 0.15) is 0 Å². The summed E-state index contributed by atoms with van der Waals surface area (Å²) in [6, 6.07) is 26.9. The van der Waals surface area contributed by atoms with Gasteiger partial charge in [-0.2, -0.15) is 18.4 Å². The zero-order valence-corrected chi connectivity index (χ0v) is 19.7. The molecule has 0 bridgehead atoms.